The zero-order chi connectivity index (χ0) is 15.4. The van der Waals surface area contributed by atoms with Gasteiger partial charge in [0.1, 0.15) is 5.75 Å². The molecule has 0 aliphatic heterocycles. The second-order valence-corrected chi connectivity index (χ2v) is 5.28. The fourth-order valence-corrected chi connectivity index (χ4v) is 2.62. The number of hydrogen-bond donors (Lipinski definition) is 1. The average molecular weight is 295 g/mol. The van der Waals surface area contributed by atoms with Crippen LogP contribution in [0.25, 0.3) is 11.0 Å². The lowest BCUT2D eigenvalue weighted by molar-refractivity contribution is 0.414. The summed E-state index contributed by atoms with van der Waals surface area (Å²) in [5, 5.41) is 3.45. The molecule has 1 heterocycles. The molecular weight excluding hydrogens is 274 g/mol. The third-order valence-electron chi connectivity index (χ3n) is 3.69. The van der Waals surface area contributed by atoms with Crippen molar-refractivity contribution in [3.8, 4) is 5.75 Å². The Balaban J connectivity index is 1.85. The summed E-state index contributed by atoms with van der Waals surface area (Å²) in [7, 11) is 1.69. The number of para-hydroxylation sites is 2. The Morgan fingerprint density at radius 1 is 1.14 bits per heavy atom. The number of fused-ring (bicyclic) bond motifs is 1. The van der Waals surface area contributed by atoms with E-state index in [1.807, 2.05) is 24.3 Å². The van der Waals surface area contributed by atoms with Crippen LogP contribution in [0.15, 0.2) is 48.5 Å². The molecule has 0 fully saturated rings. The lowest BCUT2D eigenvalue weighted by Gasteiger charge is -2.10. The molecule has 0 aliphatic carbocycles. The van der Waals surface area contributed by atoms with Crippen molar-refractivity contribution in [2.75, 3.05) is 12.4 Å². The lowest BCUT2D eigenvalue weighted by Crippen LogP contribution is -2.07. The average Bonchev–Trinajstić information content (AvgIpc) is 2.91. The van der Waals surface area contributed by atoms with E-state index in [4.69, 9.17) is 9.72 Å². The number of aromatic nitrogens is 2. The van der Waals surface area contributed by atoms with Gasteiger partial charge in [-0.3, -0.25) is 0 Å². The summed E-state index contributed by atoms with van der Waals surface area (Å²) in [5.41, 5.74) is 3.39. The van der Waals surface area contributed by atoms with Crippen LogP contribution >= 0.6 is 0 Å². The van der Waals surface area contributed by atoms with Crippen LogP contribution in [0.4, 0.5) is 5.95 Å². The summed E-state index contributed by atoms with van der Waals surface area (Å²) in [6, 6.07) is 16.3. The molecule has 4 nitrogen and oxygen atoms in total. The lowest BCUT2D eigenvalue weighted by atomic mass is 10.2. The first-order valence-electron chi connectivity index (χ1n) is 7.64. The van der Waals surface area contributed by atoms with Gasteiger partial charge in [0.05, 0.1) is 18.1 Å². The number of benzene rings is 2. The van der Waals surface area contributed by atoms with E-state index in [0.717, 1.165) is 36.7 Å². The van der Waals surface area contributed by atoms with Gasteiger partial charge >= 0.3 is 0 Å². The van der Waals surface area contributed by atoms with Gasteiger partial charge in [0, 0.05) is 13.1 Å². The van der Waals surface area contributed by atoms with Crippen molar-refractivity contribution in [2.45, 2.75) is 26.4 Å². The van der Waals surface area contributed by atoms with Crippen molar-refractivity contribution in [1.82, 2.24) is 9.55 Å². The van der Waals surface area contributed by atoms with Crippen LogP contribution in [0.1, 0.15) is 18.9 Å². The predicted molar refractivity (Wildman–Crippen MR) is 90.3 cm³/mol. The van der Waals surface area contributed by atoms with Gasteiger partial charge in [0.2, 0.25) is 5.95 Å². The van der Waals surface area contributed by atoms with Gasteiger partial charge in [-0.25, -0.2) is 4.98 Å². The van der Waals surface area contributed by atoms with Gasteiger partial charge in [0.25, 0.3) is 0 Å². The first kappa shape index (κ1) is 14.4. The number of ether oxygens (including phenoxy) is 1. The highest BCUT2D eigenvalue weighted by molar-refractivity contribution is 5.78. The Labute approximate surface area is 130 Å². The molecule has 0 unspecified atom stereocenters. The highest BCUT2D eigenvalue weighted by Crippen LogP contribution is 2.21. The summed E-state index contributed by atoms with van der Waals surface area (Å²) < 4.78 is 7.51. The summed E-state index contributed by atoms with van der Waals surface area (Å²) in [6.45, 7) is 3.87. The maximum atomic E-state index is 5.27. The fourth-order valence-electron chi connectivity index (χ4n) is 2.62. The Morgan fingerprint density at radius 2 is 2.00 bits per heavy atom. The number of hydrogen-bond acceptors (Lipinski definition) is 3. The van der Waals surface area contributed by atoms with Crippen molar-refractivity contribution in [1.29, 1.82) is 0 Å². The maximum Gasteiger partial charge on any atom is 0.204 e. The number of rotatable bonds is 6. The molecule has 114 valence electrons. The Bertz CT molecular complexity index is 764. The Hall–Kier alpha value is -2.49. The van der Waals surface area contributed by atoms with Gasteiger partial charge in [0.15, 0.2) is 0 Å². The quantitative estimate of drug-likeness (QED) is 0.745. The van der Waals surface area contributed by atoms with E-state index in [2.05, 4.69) is 41.1 Å². The van der Waals surface area contributed by atoms with Crippen LogP contribution in [-0.2, 0) is 13.1 Å². The van der Waals surface area contributed by atoms with Gasteiger partial charge in [-0.15, -0.1) is 0 Å². The monoisotopic (exact) mass is 295 g/mol. The summed E-state index contributed by atoms with van der Waals surface area (Å²) in [4.78, 5) is 4.71. The number of anilines is 1. The molecule has 0 amide bonds. The van der Waals surface area contributed by atoms with Gasteiger partial charge < -0.3 is 14.6 Å². The second-order valence-electron chi connectivity index (χ2n) is 5.28. The van der Waals surface area contributed by atoms with E-state index in [-0.39, 0.29) is 0 Å². The molecule has 0 atom stereocenters. The third-order valence-corrected chi connectivity index (χ3v) is 3.69. The summed E-state index contributed by atoms with van der Waals surface area (Å²) in [6.07, 6.45) is 1.08. The largest absolute Gasteiger partial charge is 0.497 e. The van der Waals surface area contributed by atoms with E-state index < -0.39 is 0 Å². The standard InChI is InChI=1S/C18H21N3O/c1-3-11-21-17-10-5-4-9-16(17)20-18(21)19-13-14-7-6-8-15(12-14)22-2/h4-10,12H,3,11,13H2,1-2H3,(H,19,20). The van der Waals surface area contributed by atoms with E-state index in [1.165, 1.54) is 11.1 Å². The highest BCUT2D eigenvalue weighted by Gasteiger charge is 2.09. The number of aryl methyl sites for hydroxylation is 1. The molecule has 1 aromatic heterocycles. The van der Waals surface area contributed by atoms with Crippen molar-refractivity contribution in [2.24, 2.45) is 0 Å². The molecule has 22 heavy (non-hydrogen) atoms. The van der Waals surface area contributed by atoms with E-state index in [1.54, 1.807) is 7.11 Å². The topological polar surface area (TPSA) is 39.1 Å². The number of methoxy groups -OCH3 is 1. The van der Waals surface area contributed by atoms with Gasteiger partial charge in [-0.1, -0.05) is 31.2 Å². The minimum atomic E-state index is 0.726. The molecule has 1 N–H and O–H groups in total. The Kier molecular flexibility index (Phi) is 4.28. The Morgan fingerprint density at radius 3 is 2.82 bits per heavy atom. The van der Waals surface area contributed by atoms with Crippen LogP contribution in [0.2, 0.25) is 0 Å². The van der Waals surface area contributed by atoms with E-state index >= 15 is 0 Å². The van der Waals surface area contributed by atoms with E-state index in [9.17, 15) is 0 Å². The molecule has 0 spiro atoms. The van der Waals surface area contributed by atoms with Crippen molar-refractivity contribution < 1.29 is 4.74 Å². The number of nitrogens with one attached hydrogen (secondary N) is 1. The maximum absolute atomic E-state index is 5.27. The minimum absolute atomic E-state index is 0.726. The first-order chi connectivity index (χ1) is 10.8. The van der Waals surface area contributed by atoms with Crippen molar-refractivity contribution in [3.63, 3.8) is 0 Å². The molecule has 4 heteroatoms. The molecule has 0 aliphatic rings. The molecule has 0 saturated heterocycles. The number of nitrogens with zero attached hydrogens (tertiary/aromatic N) is 2. The molecule has 0 bridgehead atoms. The van der Waals surface area contributed by atoms with Crippen LogP contribution in [0.5, 0.6) is 5.75 Å². The second kappa shape index (κ2) is 6.52. The van der Waals surface area contributed by atoms with Gasteiger partial charge in [-0.2, -0.15) is 0 Å². The van der Waals surface area contributed by atoms with Crippen LogP contribution in [0.3, 0.4) is 0 Å². The zero-order valence-electron chi connectivity index (χ0n) is 13.0. The van der Waals surface area contributed by atoms with E-state index in [0.29, 0.717) is 0 Å². The third kappa shape index (κ3) is 2.91. The summed E-state index contributed by atoms with van der Waals surface area (Å²) in [5.74, 6) is 1.80. The fraction of sp³-hybridized carbons (Fsp3) is 0.278. The van der Waals surface area contributed by atoms with Crippen LogP contribution in [0, 0.1) is 0 Å². The predicted octanol–water partition coefficient (Wildman–Crippen LogP) is 4.07. The highest BCUT2D eigenvalue weighted by atomic mass is 16.5. The van der Waals surface area contributed by atoms with Crippen molar-refractivity contribution in [3.05, 3.63) is 54.1 Å². The summed E-state index contributed by atoms with van der Waals surface area (Å²) >= 11 is 0. The van der Waals surface area contributed by atoms with Crippen molar-refractivity contribution >= 4 is 17.0 Å². The molecular formula is C18H21N3O. The first-order valence-corrected chi connectivity index (χ1v) is 7.64. The zero-order valence-corrected chi connectivity index (χ0v) is 13.0. The molecule has 3 aromatic rings. The molecule has 3 rings (SSSR count). The van der Waals surface area contributed by atoms with Crippen LogP contribution in [-0.4, -0.2) is 16.7 Å². The van der Waals surface area contributed by atoms with Gasteiger partial charge in [-0.05, 0) is 36.2 Å². The van der Waals surface area contributed by atoms with Crippen LogP contribution < -0.4 is 10.1 Å². The SMILES string of the molecule is CCCn1c(NCc2cccc(OC)c2)nc2ccccc21. The smallest absolute Gasteiger partial charge is 0.204 e. The normalized spacial score (nSPS) is 10.8. The minimum Gasteiger partial charge on any atom is -0.497 e. The molecule has 2 aromatic carbocycles. The molecule has 0 radical (unpaired) electrons. The number of imidazole rings is 1. The molecule has 0 saturated carbocycles.